The standard InChI is InChI=1S/C14H16F2N6.C2H6/c1-14(15,16)9-4-6-10(7-5-9)20-13-11(3-2-8-19-13)12(17)21-22-18;1-2/h2-8,22H,18H2,1H3,(H2,17,21)(H,19,20);1-2H3. The fraction of sp³-hybridized carbons (Fsp3) is 0.250. The number of anilines is 2. The van der Waals surface area contributed by atoms with Crippen LogP contribution in [0.15, 0.2) is 47.7 Å². The zero-order chi connectivity index (χ0) is 18.2. The summed E-state index contributed by atoms with van der Waals surface area (Å²) in [7, 11) is 0. The number of alkyl halides is 2. The molecule has 8 heteroatoms. The van der Waals surface area contributed by atoms with E-state index in [9.17, 15) is 8.78 Å². The molecule has 0 atom stereocenters. The molecule has 0 aliphatic heterocycles. The molecule has 0 unspecified atom stereocenters. The highest BCUT2D eigenvalue weighted by Crippen LogP contribution is 2.28. The Kier molecular flexibility index (Phi) is 7.06. The topological polar surface area (TPSA) is 101 Å². The monoisotopic (exact) mass is 336 g/mol. The molecule has 0 saturated carbocycles. The molecule has 1 heterocycles. The highest BCUT2D eigenvalue weighted by atomic mass is 19.3. The molecule has 0 bridgehead atoms. The van der Waals surface area contributed by atoms with Crippen molar-refractivity contribution in [2.45, 2.75) is 26.7 Å². The van der Waals surface area contributed by atoms with Crippen molar-refractivity contribution in [2.75, 3.05) is 5.32 Å². The van der Waals surface area contributed by atoms with Crippen molar-refractivity contribution in [3.63, 3.8) is 0 Å². The molecule has 0 aliphatic carbocycles. The summed E-state index contributed by atoms with van der Waals surface area (Å²) in [4.78, 5) is 4.16. The van der Waals surface area contributed by atoms with Crippen LogP contribution in [0.4, 0.5) is 20.3 Å². The lowest BCUT2D eigenvalue weighted by molar-refractivity contribution is 0.0175. The van der Waals surface area contributed by atoms with Gasteiger partial charge in [0.15, 0.2) is 5.84 Å². The maximum atomic E-state index is 13.2. The van der Waals surface area contributed by atoms with E-state index < -0.39 is 5.92 Å². The first-order chi connectivity index (χ1) is 11.4. The first-order valence-corrected chi connectivity index (χ1v) is 7.41. The molecule has 6 nitrogen and oxygen atoms in total. The predicted octanol–water partition coefficient (Wildman–Crippen LogP) is 3.05. The van der Waals surface area contributed by atoms with E-state index in [2.05, 4.69) is 20.9 Å². The van der Waals surface area contributed by atoms with Gasteiger partial charge in [0.05, 0.1) is 5.56 Å². The van der Waals surface area contributed by atoms with Crippen LogP contribution in [-0.4, -0.2) is 10.8 Å². The average Bonchev–Trinajstić information content (AvgIpc) is 2.57. The van der Waals surface area contributed by atoms with Gasteiger partial charge in [0.1, 0.15) is 5.82 Å². The molecule has 24 heavy (non-hydrogen) atoms. The fourth-order valence-electron chi connectivity index (χ4n) is 1.82. The largest absolute Gasteiger partial charge is 0.382 e. The van der Waals surface area contributed by atoms with Crippen LogP contribution in [0.1, 0.15) is 31.9 Å². The first-order valence-electron chi connectivity index (χ1n) is 7.41. The molecule has 130 valence electrons. The Hall–Kier alpha value is -2.74. The first kappa shape index (κ1) is 19.3. The van der Waals surface area contributed by atoms with Gasteiger partial charge in [0.2, 0.25) is 0 Å². The molecule has 0 spiro atoms. The van der Waals surface area contributed by atoms with Crippen LogP contribution in [0.5, 0.6) is 0 Å². The Morgan fingerprint density at radius 1 is 1.17 bits per heavy atom. The summed E-state index contributed by atoms with van der Waals surface area (Å²) >= 11 is 0. The van der Waals surface area contributed by atoms with Crippen molar-refractivity contribution >= 4 is 17.3 Å². The third-order valence-corrected chi connectivity index (χ3v) is 2.92. The molecule has 1 aromatic heterocycles. The second-order valence-corrected chi connectivity index (χ2v) is 4.62. The Balaban J connectivity index is 0.00000139. The molecule has 0 fully saturated rings. The summed E-state index contributed by atoms with van der Waals surface area (Å²) < 4.78 is 26.4. The summed E-state index contributed by atoms with van der Waals surface area (Å²) in [5.41, 5.74) is 8.94. The highest BCUT2D eigenvalue weighted by molar-refractivity contribution is 6.01. The lowest BCUT2D eigenvalue weighted by atomic mass is 10.1. The summed E-state index contributed by atoms with van der Waals surface area (Å²) in [5, 5.41) is 6.69. The Bertz CT molecular complexity index is 665. The van der Waals surface area contributed by atoms with Crippen molar-refractivity contribution in [3.05, 3.63) is 53.7 Å². The molecule has 6 N–H and O–H groups in total. The smallest absolute Gasteiger partial charge is 0.270 e. The number of amidine groups is 1. The van der Waals surface area contributed by atoms with Crippen LogP contribution >= 0.6 is 0 Å². The van der Waals surface area contributed by atoms with Gasteiger partial charge in [0, 0.05) is 24.4 Å². The summed E-state index contributed by atoms with van der Waals surface area (Å²) in [6.45, 7) is 4.85. The van der Waals surface area contributed by atoms with Gasteiger partial charge in [-0.2, -0.15) is 0 Å². The van der Waals surface area contributed by atoms with E-state index in [1.165, 1.54) is 12.1 Å². The van der Waals surface area contributed by atoms with E-state index in [0.717, 1.165) is 6.92 Å². The van der Waals surface area contributed by atoms with Gasteiger partial charge in [0.25, 0.3) is 5.92 Å². The number of hydrazine groups is 1. The fourth-order valence-corrected chi connectivity index (χ4v) is 1.82. The van der Waals surface area contributed by atoms with Crippen LogP contribution in [-0.2, 0) is 5.92 Å². The van der Waals surface area contributed by atoms with Gasteiger partial charge in [-0.3, -0.25) is 0 Å². The molecule has 0 radical (unpaired) electrons. The predicted molar refractivity (Wildman–Crippen MR) is 92.9 cm³/mol. The number of hydrazone groups is 1. The summed E-state index contributed by atoms with van der Waals surface area (Å²) in [5.74, 6) is 2.81. The molecule has 1 aromatic carbocycles. The van der Waals surface area contributed by atoms with Crippen LogP contribution in [0.2, 0.25) is 0 Å². The third kappa shape index (κ3) is 5.17. The SMILES string of the molecule is CC.CC(F)(F)c1ccc(Nc2ncccc2/C(N)=N/NN)cc1. The van der Waals surface area contributed by atoms with E-state index in [4.69, 9.17) is 11.6 Å². The zero-order valence-corrected chi connectivity index (χ0v) is 13.8. The number of pyridine rings is 1. The molecular weight excluding hydrogens is 314 g/mol. The molecule has 2 rings (SSSR count). The van der Waals surface area contributed by atoms with E-state index >= 15 is 0 Å². The molecule has 2 aromatic rings. The van der Waals surface area contributed by atoms with Gasteiger partial charge >= 0.3 is 0 Å². The minimum Gasteiger partial charge on any atom is -0.382 e. The van der Waals surface area contributed by atoms with E-state index in [0.29, 0.717) is 17.1 Å². The summed E-state index contributed by atoms with van der Waals surface area (Å²) in [6.07, 6.45) is 1.57. The number of aromatic nitrogens is 1. The van der Waals surface area contributed by atoms with E-state index in [1.54, 1.807) is 30.5 Å². The van der Waals surface area contributed by atoms with Gasteiger partial charge in [-0.1, -0.05) is 26.0 Å². The number of nitrogens with zero attached hydrogens (tertiary/aromatic N) is 2. The minimum absolute atomic E-state index is 0.0623. The third-order valence-electron chi connectivity index (χ3n) is 2.92. The normalized spacial score (nSPS) is 11.3. The second-order valence-electron chi connectivity index (χ2n) is 4.62. The maximum absolute atomic E-state index is 13.2. The number of nitrogens with one attached hydrogen (secondary N) is 2. The molecule has 0 saturated heterocycles. The van der Waals surface area contributed by atoms with Gasteiger partial charge in [-0.25, -0.2) is 25.1 Å². The van der Waals surface area contributed by atoms with Crippen LogP contribution in [0.3, 0.4) is 0 Å². The van der Waals surface area contributed by atoms with E-state index in [-0.39, 0.29) is 11.4 Å². The second kappa shape index (κ2) is 8.78. The molecule has 0 amide bonds. The number of hydrogen-bond acceptors (Lipinski definition) is 5. The summed E-state index contributed by atoms with van der Waals surface area (Å²) in [6, 6.07) is 9.19. The maximum Gasteiger partial charge on any atom is 0.270 e. The molecular formula is C16H22F2N6. The zero-order valence-electron chi connectivity index (χ0n) is 13.8. The Morgan fingerprint density at radius 3 is 2.33 bits per heavy atom. The highest BCUT2D eigenvalue weighted by Gasteiger charge is 2.23. The van der Waals surface area contributed by atoms with Gasteiger partial charge < -0.3 is 11.1 Å². The van der Waals surface area contributed by atoms with Crippen molar-refractivity contribution in [1.82, 2.24) is 10.5 Å². The van der Waals surface area contributed by atoms with Crippen LogP contribution < -0.4 is 22.4 Å². The van der Waals surface area contributed by atoms with Crippen LogP contribution in [0.25, 0.3) is 0 Å². The number of hydrogen-bond donors (Lipinski definition) is 4. The van der Waals surface area contributed by atoms with E-state index in [1.807, 2.05) is 13.8 Å². The van der Waals surface area contributed by atoms with Crippen molar-refractivity contribution in [1.29, 1.82) is 0 Å². The number of benzene rings is 1. The minimum atomic E-state index is -2.88. The molecule has 0 aliphatic rings. The van der Waals surface area contributed by atoms with Crippen LogP contribution in [0, 0.1) is 0 Å². The number of halogens is 2. The number of rotatable bonds is 5. The Labute approximate surface area is 139 Å². The average molecular weight is 336 g/mol. The Morgan fingerprint density at radius 2 is 1.79 bits per heavy atom. The quantitative estimate of drug-likeness (QED) is 0.291. The van der Waals surface area contributed by atoms with Gasteiger partial charge in [-0.05, 0) is 24.3 Å². The lowest BCUT2D eigenvalue weighted by Crippen LogP contribution is -2.24. The van der Waals surface area contributed by atoms with Crippen molar-refractivity contribution < 1.29 is 8.78 Å². The van der Waals surface area contributed by atoms with Crippen molar-refractivity contribution in [3.8, 4) is 0 Å². The number of nitrogens with two attached hydrogens (primary N) is 2. The van der Waals surface area contributed by atoms with Crippen molar-refractivity contribution in [2.24, 2.45) is 16.7 Å². The lowest BCUT2D eigenvalue weighted by Gasteiger charge is -2.13. The van der Waals surface area contributed by atoms with Gasteiger partial charge in [-0.15, -0.1) is 5.10 Å².